The minimum Gasteiger partial charge on any atom is -0.489 e. The molecule has 0 radical (unpaired) electrons. The molecule has 1 aliphatic rings. The van der Waals surface area contributed by atoms with Crippen molar-refractivity contribution in [1.29, 1.82) is 0 Å². The predicted molar refractivity (Wildman–Crippen MR) is 125 cm³/mol. The van der Waals surface area contributed by atoms with E-state index in [0.717, 1.165) is 29.7 Å². The van der Waals surface area contributed by atoms with Gasteiger partial charge in [-0.25, -0.2) is 0 Å². The highest BCUT2D eigenvalue weighted by atomic mass is 35.5. The molecule has 0 aliphatic carbocycles. The number of carboxylic acid groups (broad SMARTS) is 1. The second-order valence-corrected chi connectivity index (χ2v) is 8.78. The van der Waals surface area contributed by atoms with Gasteiger partial charge in [0.05, 0.1) is 12.5 Å². The van der Waals surface area contributed by atoms with Crippen LogP contribution in [0.15, 0.2) is 59.1 Å². The Kier molecular flexibility index (Phi) is 7.49. The zero-order valence-electron chi connectivity index (χ0n) is 18.5. The van der Waals surface area contributed by atoms with Gasteiger partial charge in [-0.2, -0.15) is 0 Å². The van der Waals surface area contributed by atoms with E-state index in [0.29, 0.717) is 29.6 Å². The molecule has 4 rings (SSSR count). The van der Waals surface area contributed by atoms with Gasteiger partial charge in [0.15, 0.2) is 0 Å². The summed E-state index contributed by atoms with van der Waals surface area (Å²) in [6.45, 7) is 1.07. The van der Waals surface area contributed by atoms with Crippen LogP contribution in [-0.2, 0) is 29.0 Å². The van der Waals surface area contributed by atoms with Gasteiger partial charge in [-0.1, -0.05) is 41.0 Å². The molecule has 9 heteroatoms. The fourth-order valence-corrected chi connectivity index (χ4v) is 4.11. The molecule has 0 saturated carbocycles. The third kappa shape index (κ3) is 5.95. The summed E-state index contributed by atoms with van der Waals surface area (Å²) in [7, 11) is 0. The Labute approximate surface area is 202 Å². The van der Waals surface area contributed by atoms with Crippen molar-refractivity contribution in [3.8, 4) is 5.75 Å². The number of benzene rings is 2. The summed E-state index contributed by atoms with van der Waals surface area (Å²) < 4.78 is 11.1. The lowest BCUT2D eigenvalue weighted by molar-refractivity contribution is -0.138. The van der Waals surface area contributed by atoms with Crippen molar-refractivity contribution < 1.29 is 24.0 Å². The summed E-state index contributed by atoms with van der Waals surface area (Å²) in [6.07, 6.45) is 1.96. The Hall–Kier alpha value is -3.36. The molecule has 2 atom stereocenters. The van der Waals surface area contributed by atoms with Crippen molar-refractivity contribution >= 4 is 23.5 Å². The molecule has 0 spiro atoms. The van der Waals surface area contributed by atoms with Crippen LogP contribution in [0.25, 0.3) is 0 Å². The number of likely N-dealkylation sites (tertiary alicyclic amines) is 1. The summed E-state index contributed by atoms with van der Waals surface area (Å²) in [5.41, 5.74) is 8.11. The van der Waals surface area contributed by atoms with Crippen molar-refractivity contribution in [1.82, 2.24) is 10.1 Å². The van der Waals surface area contributed by atoms with Crippen LogP contribution < -0.4 is 10.5 Å². The highest BCUT2D eigenvalue weighted by Gasteiger charge is 2.32. The molecule has 1 aromatic heterocycles. The number of hydrogen-bond donors (Lipinski definition) is 2. The molecular weight excluding hydrogens is 458 g/mol. The predicted octanol–water partition coefficient (Wildman–Crippen LogP) is 3.77. The molecule has 1 fully saturated rings. The van der Waals surface area contributed by atoms with E-state index in [9.17, 15) is 9.59 Å². The van der Waals surface area contributed by atoms with E-state index in [2.05, 4.69) is 5.16 Å². The van der Waals surface area contributed by atoms with E-state index in [1.807, 2.05) is 53.4 Å². The maximum Gasteiger partial charge on any atom is 0.320 e. The zero-order chi connectivity index (χ0) is 24.1. The summed E-state index contributed by atoms with van der Waals surface area (Å²) in [5, 5.41) is 13.7. The van der Waals surface area contributed by atoms with Crippen molar-refractivity contribution in [3.05, 3.63) is 82.2 Å². The van der Waals surface area contributed by atoms with Crippen LogP contribution in [0.5, 0.6) is 5.75 Å². The first-order valence-electron chi connectivity index (χ1n) is 11.1. The van der Waals surface area contributed by atoms with Crippen LogP contribution >= 0.6 is 11.6 Å². The number of amides is 1. The van der Waals surface area contributed by atoms with Crippen molar-refractivity contribution in [2.24, 2.45) is 5.73 Å². The number of nitrogens with zero attached hydrogens (tertiary/aromatic N) is 2. The lowest BCUT2D eigenvalue weighted by atomic mass is 10.1. The van der Waals surface area contributed by atoms with Crippen molar-refractivity contribution in [2.45, 2.75) is 44.4 Å². The number of aliphatic carboxylic acids is 1. The number of ether oxygens (including phenoxy) is 1. The molecule has 2 heterocycles. The monoisotopic (exact) mass is 483 g/mol. The fourth-order valence-electron chi connectivity index (χ4n) is 3.99. The number of carboxylic acids is 1. The van der Waals surface area contributed by atoms with Crippen LogP contribution in [0.3, 0.4) is 0 Å². The smallest absolute Gasteiger partial charge is 0.320 e. The molecule has 2 unspecified atom stereocenters. The van der Waals surface area contributed by atoms with E-state index in [4.69, 9.17) is 31.7 Å². The van der Waals surface area contributed by atoms with E-state index in [1.165, 1.54) is 0 Å². The SMILES string of the molecule is NC(Cc1cc(C2CCCN2C(=O)Cc2ccc(OCc3ccc(Cl)cc3)cc2)no1)C(=O)O. The quantitative estimate of drug-likeness (QED) is 0.475. The topological polar surface area (TPSA) is 119 Å². The van der Waals surface area contributed by atoms with Gasteiger partial charge in [-0.15, -0.1) is 0 Å². The first kappa shape index (κ1) is 23.8. The fraction of sp³-hybridized carbons (Fsp3) is 0.320. The number of carbonyl (C=O) groups excluding carboxylic acids is 1. The molecule has 3 N–H and O–H groups in total. The highest BCUT2D eigenvalue weighted by molar-refractivity contribution is 6.30. The summed E-state index contributed by atoms with van der Waals surface area (Å²) >= 11 is 5.90. The van der Waals surface area contributed by atoms with Gasteiger partial charge in [-0.05, 0) is 48.2 Å². The lowest BCUT2D eigenvalue weighted by Gasteiger charge is -2.23. The number of halogens is 1. The molecular formula is C25H26ClN3O5. The maximum atomic E-state index is 13.0. The van der Waals surface area contributed by atoms with Crippen LogP contribution in [-0.4, -0.2) is 39.6 Å². The van der Waals surface area contributed by atoms with E-state index < -0.39 is 12.0 Å². The average Bonchev–Trinajstić information content (AvgIpc) is 3.49. The van der Waals surface area contributed by atoms with Crippen molar-refractivity contribution in [2.75, 3.05) is 6.54 Å². The number of carbonyl (C=O) groups is 2. The molecule has 1 saturated heterocycles. The van der Waals surface area contributed by atoms with Gasteiger partial charge in [0, 0.05) is 24.1 Å². The third-order valence-corrected chi connectivity index (χ3v) is 6.08. The summed E-state index contributed by atoms with van der Waals surface area (Å²) in [6, 6.07) is 15.4. The van der Waals surface area contributed by atoms with Gasteiger partial charge in [0.2, 0.25) is 5.91 Å². The standard InChI is InChI=1S/C25H26ClN3O5/c26-18-7-3-17(4-8-18)15-33-19-9-5-16(6-10-19)12-24(30)29-11-1-2-23(29)22-14-20(34-28-22)13-21(27)25(31)32/h3-10,14,21,23H,1-2,11-13,15,27H2,(H,31,32). The largest absolute Gasteiger partial charge is 0.489 e. The van der Waals surface area contributed by atoms with Gasteiger partial charge in [0.1, 0.15) is 29.9 Å². The van der Waals surface area contributed by atoms with Gasteiger partial charge >= 0.3 is 5.97 Å². The molecule has 8 nitrogen and oxygen atoms in total. The van der Waals surface area contributed by atoms with Crippen LogP contribution in [0.1, 0.15) is 41.5 Å². The Morgan fingerprint density at radius 3 is 2.59 bits per heavy atom. The second-order valence-electron chi connectivity index (χ2n) is 8.35. The molecule has 1 aliphatic heterocycles. The normalized spacial score (nSPS) is 16.4. The number of rotatable bonds is 9. The average molecular weight is 484 g/mol. The second kappa shape index (κ2) is 10.7. The Morgan fingerprint density at radius 1 is 1.18 bits per heavy atom. The number of nitrogens with two attached hydrogens (primary N) is 1. The minimum atomic E-state index is -1.10. The zero-order valence-corrected chi connectivity index (χ0v) is 19.3. The van der Waals surface area contributed by atoms with Crippen molar-refractivity contribution in [3.63, 3.8) is 0 Å². The first-order chi connectivity index (χ1) is 16.4. The molecule has 34 heavy (non-hydrogen) atoms. The molecule has 0 bridgehead atoms. The Bertz CT molecular complexity index is 1130. The van der Waals surface area contributed by atoms with E-state index in [-0.39, 0.29) is 24.8 Å². The third-order valence-electron chi connectivity index (χ3n) is 5.83. The number of hydrogen-bond acceptors (Lipinski definition) is 6. The summed E-state index contributed by atoms with van der Waals surface area (Å²) in [4.78, 5) is 25.8. The maximum absolute atomic E-state index is 13.0. The first-order valence-corrected chi connectivity index (χ1v) is 11.5. The molecule has 3 aromatic rings. The van der Waals surface area contributed by atoms with Crippen LogP contribution in [0.4, 0.5) is 0 Å². The Balaban J connectivity index is 1.33. The molecule has 2 aromatic carbocycles. The summed E-state index contributed by atoms with van der Waals surface area (Å²) in [5.74, 6) is 0.0272. The highest BCUT2D eigenvalue weighted by Crippen LogP contribution is 2.32. The number of aromatic nitrogens is 1. The van der Waals surface area contributed by atoms with E-state index >= 15 is 0 Å². The lowest BCUT2D eigenvalue weighted by Crippen LogP contribution is -2.32. The minimum absolute atomic E-state index is 0.00381. The van der Waals surface area contributed by atoms with Gasteiger partial charge < -0.3 is 25.0 Å². The molecule has 178 valence electrons. The van der Waals surface area contributed by atoms with Crippen LogP contribution in [0, 0.1) is 0 Å². The molecule has 1 amide bonds. The Morgan fingerprint density at radius 2 is 1.88 bits per heavy atom. The van der Waals surface area contributed by atoms with E-state index in [1.54, 1.807) is 6.07 Å². The van der Waals surface area contributed by atoms with Crippen LogP contribution in [0.2, 0.25) is 5.02 Å². The van der Waals surface area contributed by atoms with Gasteiger partial charge in [-0.3, -0.25) is 9.59 Å². The van der Waals surface area contributed by atoms with Gasteiger partial charge in [0.25, 0.3) is 0 Å².